The van der Waals surface area contributed by atoms with E-state index in [4.69, 9.17) is 0 Å². The van der Waals surface area contributed by atoms with Gasteiger partial charge in [0.1, 0.15) is 0 Å². The average Bonchev–Trinajstić information content (AvgIpc) is 2.68. The first kappa shape index (κ1) is 10.9. The summed E-state index contributed by atoms with van der Waals surface area (Å²) in [7, 11) is 0. The van der Waals surface area contributed by atoms with Crippen molar-refractivity contribution < 1.29 is 0 Å². The fraction of sp³-hybridized carbons (Fsp3) is 0.714. The first-order valence-electron chi connectivity index (χ1n) is 6.33. The van der Waals surface area contributed by atoms with Crippen LogP contribution in [0.4, 0.5) is 0 Å². The summed E-state index contributed by atoms with van der Waals surface area (Å²) in [6, 6.07) is 0. The number of hydrogen-bond donors (Lipinski definition) is 0. The van der Waals surface area contributed by atoms with Crippen LogP contribution >= 0.6 is 0 Å². The van der Waals surface area contributed by atoms with Crippen LogP contribution in [0.25, 0.3) is 0 Å². The van der Waals surface area contributed by atoms with Gasteiger partial charge in [0.15, 0.2) is 0 Å². The van der Waals surface area contributed by atoms with Crippen molar-refractivity contribution in [3.8, 4) is 0 Å². The Morgan fingerprint density at radius 1 is 1.40 bits per heavy atom. The summed E-state index contributed by atoms with van der Waals surface area (Å²) in [5.41, 5.74) is 1.53. The van der Waals surface area contributed by atoms with Crippen molar-refractivity contribution >= 4 is 0 Å². The highest BCUT2D eigenvalue weighted by atomic mass is 15.1. The molecule has 1 heteroatoms. The molecule has 1 aliphatic heterocycles. The van der Waals surface area contributed by atoms with E-state index in [1.807, 2.05) is 0 Å². The van der Waals surface area contributed by atoms with E-state index in [9.17, 15) is 0 Å². The van der Waals surface area contributed by atoms with Crippen LogP contribution in [0.3, 0.4) is 0 Å². The summed E-state index contributed by atoms with van der Waals surface area (Å²) < 4.78 is 0. The number of hydrogen-bond acceptors (Lipinski definition) is 1. The molecule has 2 aliphatic rings. The van der Waals surface area contributed by atoms with Gasteiger partial charge >= 0.3 is 0 Å². The first-order valence-corrected chi connectivity index (χ1v) is 6.33. The zero-order chi connectivity index (χ0) is 10.7. The zero-order valence-electron chi connectivity index (χ0n) is 10.1. The van der Waals surface area contributed by atoms with Gasteiger partial charge in [0.25, 0.3) is 0 Å². The standard InChI is InChI=1S/C14H23N/c1-12(2)14-8-9-15(11-14)10-13-6-4-3-5-7-13/h4,6-7,12,14H,3,5,8-11H2,1-2H3. The molecule has 0 N–H and O–H groups in total. The lowest BCUT2D eigenvalue weighted by Crippen LogP contribution is -2.24. The van der Waals surface area contributed by atoms with Gasteiger partial charge in [-0.3, -0.25) is 4.90 Å². The molecule has 2 rings (SSSR count). The second-order valence-corrected chi connectivity index (χ2v) is 5.29. The van der Waals surface area contributed by atoms with Gasteiger partial charge in [-0.05, 0) is 43.2 Å². The smallest absolute Gasteiger partial charge is 0.0230 e. The van der Waals surface area contributed by atoms with Gasteiger partial charge in [0, 0.05) is 13.1 Å². The largest absolute Gasteiger partial charge is 0.299 e. The van der Waals surface area contributed by atoms with Crippen LogP contribution in [0.2, 0.25) is 0 Å². The minimum Gasteiger partial charge on any atom is -0.299 e. The Kier molecular flexibility index (Phi) is 3.63. The Bertz CT molecular complexity index is 263. The van der Waals surface area contributed by atoms with Crippen LogP contribution < -0.4 is 0 Å². The van der Waals surface area contributed by atoms with E-state index in [1.54, 1.807) is 0 Å². The molecule has 1 atom stereocenters. The first-order chi connectivity index (χ1) is 7.25. The monoisotopic (exact) mass is 205 g/mol. The van der Waals surface area contributed by atoms with E-state index in [0.29, 0.717) is 0 Å². The molecule has 0 saturated carbocycles. The van der Waals surface area contributed by atoms with E-state index in [2.05, 4.69) is 37.0 Å². The van der Waals surface area contributed by atoms with Crippen molar-refractivity contribution in [2.45, 2.75) is 33.1 Å². The Morgan fingerprint density at radius 3 is 2.87 bits per heavy atom. The van der Waals surface area contributed by atoms with Gasteiger partial charge in [-0.2, -0.15) is 0 Å². The lowest BCUT2D eigenvalue weighted by atomic mass is 9.95. The van der Waals surface area contributed by atoms with Crippen LogP contribution in [-0.4, -0.2) is 24.5 Å². The van der Waals surface area contributed by atoms with E-state index in [-0.39, 0.29) is 0 Å². The Labute approximate surface area is 93.9 Å². The molecule has 84 valence electrons. The predicted octanol–water partition coefficient (Wildman–Crippen LogP) is 3.24. The maximum Gasteiger partial charge on any atom is 0.0230 e. The molecule has 1 heterocycles. The third kappa shape index (κ3) is 2.94. The highest BCUT2D eigenvalue weighted by Gasteiger charge is 2.24. The molecule has 15 heavy (non-hydrogen) atoms. The molecule has 1 unspecified atom stereocenters. The van der Waals surface area contributed by atoms with E-state index in [0.717, 1.165) is 11.8 Å². The van der Waals surface area contributed by atoms with E-state index in [1.165, 1.54) is 44.5 Å². The molecule has 0 aromatic carbocycles. The van der Waals surface area contributed by atoms with Crippen LogP contribution in [0.5, 0.6) is 0 Å². The van der Waals surface area contributed by atoms with Crippen molar-refractivity contribution in [3.05, 3.63) is 23.8 Å². The molecule has 0 radical (unpaired) electrons. The molecule has 1 fully saturated rings. The van der Waals surface area contributed by atoms with E-state index < -0.39 is 0 Å². The summed E-state index contributed by atoms with van der Waals surface area (Å²) in [5.74, 6) is 1.78. The van der Waals surface area contributed by atoms with Gasteiger partial charge in [-0.25, -0.2) is 0 Å². The number of nitrogens with zero attached hydrogens (tertiary/aromatic N) is 1. The Hall–Kier alpha value is -0.560. The number of rotatable bonds is 3. The van der Waals surface area contributed by atoms with Crippen LogP contribution in [0, 0.1) is 11.8 Å². The maximum absolute atomic E-state index is 2.62. The van der Waals surface area contributed by atoms with Crippen molar-refractivity contribution in [1.29, 1.82) is 0 Å². The van der Waals surface area contributed by atoms with Gasteiger partial charge in [0.05, 0.1) is 0 Å². The van der Waals surface area contributed by atoms with Crippen LogP contribution in [-0.2, 0) is 0 Å². The fourth-order valence-corrected chi connectivity index (χ4v) is 2.59. The summed E-state index contributed by atoms with van der Waals surface area (Å²) in [6.45, 7) is 8.50. The lowest BCUT2D eigenvalue weighted by Gasteiger charge is -2.19. The predicted molar refractivity (Wildman–Crippen MR) is 65.8 cm³/mol. The highest BCUT2D eigenvalue weighted by Crippen LogP contribution is 2.24. The fourth-order valence-electron chi connectivity index (χ4n) is 2.59. The Morgan fingerprint density at radius 2 is 2.27 bits per heavy atom. The zero-order valence-corrected chi connectivity index (χ0v) is 10.1. The molecule has 0 aromatic rings. The van der Waals surface area contributed by atoms with Gasteiger partial charge < -0.3 is 0 Å². The SMILES string of the molecule is CC(C)C1CCN(CC2=CCCC=C2)C1. The summed E-state index contributed by atoms with van der Waals surface area (Å²) >= 11 is 0. The third-order valence-corrected chi connectivity index (χ3v) is 3.73. The van der Waals surface area contributed by atoms with Crippen LogP contribution in [0.15, 0.2) is 23.8 Å². The van der Waals surface area contributed by atoms with Crippen molar-refractivity contribution in [2.24, 2.45) is 11.8 Å². The minimum absolute atomic E-state index is 0.853. The molecular weight excluding hydrogens is 182 g/mol. The molecule has 1 nitrogen and oxygen atoms in total. The maximum atomic E-state index is 2.62. The number of allylic oxidation sites excluding steroid dienone is 2. The minimum atomic E-state index is 0.853. The quantitative estimate of drug-likeness (QED) is 0.683. The molecule has 0 bridgehead atoms. The van der Waals surface area contributed by atoms with Crippen LogP contribution in [0.1, 0.15) is 33.1 Å². The van der Waals surface area contributed by atoms with Crippen molar-refractivity contribution in [1.82, 2.24) is 4.90 Å². The molecule has 1 saturated heterocycles. The third-order valence-electron chi connectivity index (χ3n) is 3.73. The van der Waals surface area contributed by atoms with Gasteiger partial charge in [-0.1, -0.05) is 32.1 Å². The molecule has 0 amide bonds. The second kappa shape index (κ2) is 4.98. The van der Waals surface area contributed by atoms with E-state index >= 15 is 0 Å². The average molecular weight is 205 g/mol. The Balaban J connectivity index is 1.82. The molecule has 0 aromatic heterocycles. The summed E-state index contributed by atoms with van der Waals surface area (Å²) in [5, 5.41) is 0. The molecule has 0 spiro atoms. The number of likely N-dealkylation sites (tertiary alicyclic amines) is 1. The van der Waals surface area contributed by atoms with Gasteiger partial charge in [0.2, 0.25) is 0 Å². The lowest BCUT2D eigenvalue weighted by molar-refractivity contribution is 0.325. The summed E-state index contributed by atoms with van der Waals surface area (Å²) in [6.07, 6.45) is 10.9. The summed E-state index contributed by atoms with van der Waals surface area (Å²) in [4.78, 5) is 2.62. The topological polar surface area (TPSA) is 3.24 Å². The highest BCUT2D eigenvalue weighted by molar-refractivity contribution is 5.23. The molecule has 1 aliphatic carbocycles. The van der Waals surface area contributed by atoms with Crippen molar-refractivity contribution in [3.63, 3.8) is 0 Å². The van der Waals surface area contributed by atoms with Crippen molar-refractivity contribution in [2.75, 3.05) is 19.6 Å². The normalized spacial score (nSPS) is 27.4. The second-order valence-electron chi connectivity index (χ2n) is 5.29. The van der Waals surface area contributed by atoms with Gasteiger partial charge in [-0.15, -0.1) is 0 Å². The molecular formula is C14H23N.